The van der Waals surface area contributed by atoms with Crippen LogP contribution in [0.25, 0.3) is 0 Å². The standard InChI is InChI=1S/C2HBrN3/c3-2-4-1-5-6-2/h1H. The van der Waals surface area contributed by atoms with Crippen LogP contribution in [0.3, 0.4) is 0 Å². The highest BCUT2D eigenvalue weighted by Gasteiger charge is 1.92. The molecule has 31 valence electrons. The lowest BCUT2D eigenvalue weighted by Crippen LogP contribution is -1.92. The average molecular weight is 147 g/mol. The Balaban J connectivity index is 2.61. The molecule has 6 heavy (non-hydrogen) atoms. The van der Waals surface area contributed by atoms with Gasteiger partial charge in [0.25, 0.3) is 0 Å². The third kappa shape index (κ3) is 0.567. The number of nitrogens with zero attached hydrogens (tertiary/aromatic N) is 3. The van der Waals surface area contributed by atoms with E-state index >= 15 is 0 Å². The van der Waals surface area contributed by atoms with Gasteiger partial charge in [-0.25, -0.2) is 4.99 Å². The first-order chi connectivity index (χ1) is 2.89. The summed E-state index contributed by atoms with van der Waals surface area (Å²) < 4.78 is 0.544. The number of amidine groups is 1. The Bertz CT molecular complexity index is 105. The minimum atomic E-state index is 0.544. The van der Waals surface area contributed by atoms with Gasteiger partial charge in [0.05, 0.1) is 0 Å². The lowest BCUT2D eigenvalue weighted by atomic mass is 11.3. The van der Waals surface area contributed by atoms with E-state index in [-0.39, 0.29) is 0 Å². The van der Waals surface area contributed by atoms with Gasteiger partial charge >= 0.3 is 0 Å². The van der Waals surface area contributed by atoms with Gasteiger partial charge in [0.2, 0.25) is 4.74 Å². The van der Waals surface area contributed by atoms with Crippen LogP contribution in [-0.2, 0) is 0 Å². The fourth-order valence-corrected chi connectivity index (χ4v) is 0.356. The first kappa shape index (κ1) is 3.80. The molecule has 1 aliphatic heterocycles. The Morgan fingerprint density at radius 3 is 2.67 bits per heavy atom. The van der Waals surface area contributed by atoms with Crippen LogP contribution in [0.4, 0.5) is 0 Å². The molecule has 0 aromatic carbocycles. The van der Waals surface area contributed by atoms with Crippen molar-refractivity contribution in [1.82, 2.24) is 5.43 Å². The van der Waals surface area contributed by atoms with Crippen molar-refractivity contribution in [3.8, 4) is 0 Å². The second-order valence-corrected chi connectivity index (χ2v) is 1.44. The summed E-state index contributed by atoms with van der Waals surface area (Å²) in [6.45, 7) is 0. The van der Waals surface area contributed by atoms with E-state index in [0.717, 1.165) is 0 Å². The van der Waals surface area contributed by atoms with Crippen LogP contribution >= 0.6 is 15.9 Å². The van der Waals surface area contributed by atoms with Gasteiger partial charge in [-0.1, -0.05) is 0 Å². The van der Waals surface area contributed by atoms with Crippen molar-refractivity contribution in [2.75, 3.05) is 0 Å². The van der Waals surface area contributed by atoms with Gasteiger partial charge in [-0.15, -0.1) is 10.5 Å². The van der Waals surface area contributed by atoms with Gasteiger partial charge in [-0.05, 0) is 15.9 Å². The molecule has 1 aliphatic rings. The average Bonchev–Trinajstić information content (AvgIpc) is 1.86. The summed E-state index contributed by atoms with van der Waals surface area (Å²) in [7, 11) is 0. The van der Waals surface area contributed by atoms with Crippen LogP contribution < -0.4 is 5.43 Å². The van der Waals surface area contributed by atoms with Gasteiger partial charge in [-0.2, -0.15) is 0 Å². The number of aliphatic imine (C=N–C) groups is 1. The van der Waals surface area contributed by atoms with Gasteiger partial charge in [0.15, 0.2) is 0 Å². The predicted molar refractivity (Wildman–Crippen MR) is 27.0 cm³/mol. The summed E-state index contributed by atoms with van der Waals surface area (Å²) in [5, 5.41) is 3.41. The number of rotatable bonds is 0. The number of hydrogen-bond acceptors (Lipinski definition) is 2. The van der Waals surface area contributed by atoms with Crippen LogP contribution in [0.5, 0.6) is 0 Å². The molecule has 1 radical (unpaired) electrons. The van der Waals surface area contributed by atoms with Crippen molar-refractivity contribution < 1.29 is 0 Å². The molecular weight excluding hydrogens is 146 g/mol. The lowest BCUT2D eigenvalue weighted by Gasteiger charge is -1.72. The highest BCUT2D eigenvalue weighted by atomic mass is 79.9. The minimum absolute atomic E-state index is 0.544. The maximum absolute atomic E-state index is 3.61. The maximum Gasteiger partial charge on any atom is 0.219 e. The molecule has 0 atom stereocenters. The van der Waals surface area contributed by atoms with E-state index in [1.165, 1.54) is 6.34 Å². The zero-order valence-corrected chi connectivity index (χ0v) is 4.38. The lowest BCUT2D eigenvalue weighted by molar-refractivity contribution is 1.06. The molecule has 0 saturated heterocycles. The molecule has 0 bridgehead atoms. The predicted octanol–water partition coefficient (Wildman–Crippen LogP) is 0.299. The SMILES string of the molecule is BrC1=NC=N[N]1. The molecule has 1 rings (SSSR count). The van der Waals surface area contributed by atoms with Gasteiger partial charge in [0.1, 0.15) is 6.34 Å². The second kappa shape index (κ2) is 1.38. The normalized spacial score (nSPS) is 17.2. The molecule has 0 unspecified atom stereocenters. The highest BCUT2D eigenvalue weighted by molar-refractivity contribution is 9.18. The monoisotopic (exact) mass is 146 g/mol. The highest BCUT2D eigenvalue weighted by Crippen LogP contribution is 1.89. The molecule has 4 heteroatoms. The van der Waals surface area contributed by atoms with E-state index in [9.17, 15) is 0 Å². The van der Waals surface area contributed by atoms with Crippen molar-refractivity contribution in [2.24, 2.45) is 10.1 Å². The molecule has 0 fully saturated rings. The van der Waals surface area contributed by atoms with Crippen molar-refractivity contribution in [3.63, 3.8) is 0 Å². The van der Waals surface area contributed by atoms with E-state index in [1.54, 1.807) is 0 Å². The molecule has 0 amide bonds. The largest absolute Gasteiger partial charge is 0.219 e. The fraction of sp³-hybridized carbons (Fsp3) is 0. The first-order valence-corrected chi connectivity index (χ1v) is 2.15. The summed E-state index contributed by atoms with van der Waals surface area (Å²) in [6.07, 6.45) is 1.38. The van der Waals surface area contributed by atoms with E-state index < -0.39 is 0 Å². The maximum atomic E-state index is 3.61. The van der Waals surface area contributed by atoms with Crippen molar-refractivity contribution in [2.45, 2.75) is 0 Å². The third-order valence-electron chi connectivity index (χ3n) is 0.356. The van der Waals surface area contributed by atoms with Crippen molar-refractivity contribution in [3.05, 3.63) is 0 Å². The molecule has 0 saturated carbocycles. The van der Waals surface area contributed by atoms with Gasteiger partial charge in [-0.3, -0.25) is 0 Å². The van der Waals surface area contributed by atoms with Gasteiger partial charge < -0.3 is 0 Å². The van der Waals surface area contributed by atoms with Crippen LogP contribution in [0, 0.1) is 0 Å². The summed E-state index contributed by atoms with van der Waals surface area (Å²) >= 11 is 3.00. The summed E-state index contributed by atoms with van der Waals surface area (Å²) in [5.41, 5.74) is 3.47. The number of hydrogen-bond donors (Lipinski definition) is 0. The molecule has 1 heterocycles. The number of halogens is 1. The summed E-state index contributed by atoms with van der Waals surface area (Å²) in [4.78, 5) is 3.61. The second-order valence-electron chi connectivity index (χ2n) is 0.729. The van der Waals surface area contributed by atoms with Crippen LogP contribution in [0.1, 0.15) is 0 Å². The Hall–Kier alpha value is -0.380. The molecule has 0 N–H and O–H groups in total. The Labute approximate surface area is 43.3 Å². The smallest absolute Gasteiger partial charge is 0.207 e. The van der Waals surface area contributed by atoms with E-state index in [4.69, 9.17) is 0 Å². The fourth-order valence-electron chi connectivity index (χ4n) is 0.173. The zero-order chi connectivity index (χ0) is 4.41. The van der Waals surface area contributed by atoms with Crippen molar-refractivity contribution >= 4 is 27.0 Å². The Morgan fingerprint density at radius 1 is 1.67 bits per heavy atom. The molecule has 3 nitrogen and oxygen atoms in total. The quantitative estimate of drug-likeness (QED) is 0.442. The van der Waals surface area contributed by atoms with E-state index in [0.29, 0.717) is 4.74 Å². The van der Waals surface area contributed by atoms with Gasteiger partial charge in [0, 0.05) is 0 Å². The molecule has 0 aromatic heterocycles. The summed E-state index contributed by atoms with van der Waals surface area (Å²) in [6, 6.07) is 0. The molecule has 0 aromatic rings. The zero-order valence-electron chi connectivity index (χ0n) is 2.80. The molecule has 0 aliphatic carbocycles. The van der Waals surface area contributed by atoms with Crippen LogP contribution in [0.2, 0.25) is 0 Å². The van der Waals surface area contributed by atoms with Crippen molar-refractivity contribution in [1.29, 1.82) is 0 Å². The summed E-state index contributed by atoms with van der Waals surface area (Å²) in [5.74, 6) is 0. The van der Waals surface area contributed by atoms with E-state index in [2.05, 4.69) is 31.4 Å². The van der Waals surface area contributed by atoms with Crippen LogP contribution in [0.15, 0.2) is 10.1 Å². The first-order valence-electron chi connectivity index (χ1n) is 1.35. The molecule has 0 spiro atoms. The van der Waals surface area contributed by atoms with Crippen LogP contribution in [-0.4, -0.2) is 11.1 Å². The Kier molecular flexibility index (Phi) is 0.874. The molecular formula is C2HBrN3. The topological polar surface area (TPSA) is 38.8 Å². The Morgan fingerprint density at radius 2 is 2.50 bits per heavy atom. The third-order valence-corrected chi connectivity index (χ3v) is 0.720. The van der Waals surface area contributed by atoms with E-state index in [1.807, 2.05) is 0 Å². The minimum Gasteiger partial charge on any atom is -0.207 e.